The smallest absolute Gasteiger partial charge is 0.410 e. The molecule has 1 aromatic carbocycles. The van der Waals surface area contributed by atoms with Crippen LogP contribution in [-0.2, 0) is 22.5 Å². The summed E-state index contributed by atoms with van der Waals surface area (Å²) < 4.78 is 13.4. The lowest BCUT2D eigenvalue weighted by Gasteiger charge is -2.33. The summed E-state index contributed by atoms with van der Waals surface area (Å²) in [4.78, 5) is 34.1. The first-order valence-electron chi connectivity index (χ1n) is 12.1. The Hall–Kier alpha value is -3.49. The fraction of sp³-hybridized carbons (Fsp3) is 0.500. The van der Waals surface area contributed by atoms with Crippen molar-refractivity contribution in [3.05, 3.63) is 42.4 Å². The van der Waals surface area contributed by atoms with Crippen molar-refractivity contribution >= 4 is 22.9 Å². The Morgan fingerprint density at radius 3 is 2.46 bits per heavy atom. The van der Waals surface area contributed by atoms with E-state index in [1.54, 1.807) is 18.0 Å². The molecule has 0 aliphatic carbocycles. The van der Waals surface area contributed by atoms with Crippen LogP contribution in [0.15, 0.2) is 36.8 Å². The van der Waals surface area contributed by atoms with E-state index in [9.17, 15) is 9.59 Å². The zero-order valence-corrected chi connectivity index (χ0v) is 20.9. The van der Waals surface area contributed by atoms with Gasteiger partial charge in [0, 0.05) is 26.1 Å². The maximum atomic E-state index is 12.3. The Labute approximate surface area is 205 Å². The van der Waals surface area contributed by atoms with Gasteiger partial charge in [0.25, 0.3) is 0 Å². The number of amides is 1. The number of fused-ring (bicyclic) bond motifs is 1. The van der Waals surface area contributed by atoms with Crippen LogP contribution in [0.25, 0.3) is 11.0 Å². The highest BCUT2D eigenvalue weighted by atomic mass is 16.6. The van der Waals surface area contributed by atoms with Gasteiger partial charge in [0.2, 0.25) is 5.88 Å². The number of benzene rings is 1. The number of aromatic nitrogens is 4. The Balaban J connectivity index is 1.38. The fourth-order valence-electron chi connectivity index (χ4n) is 4.11. The summed E-state index contributed by atoms with van der Waals surface area (Å²) in [5.74, 6) is 1.69. The monoisotopic (exact) mass is 479 g/mol. The molecule has 0 bridgehead atoms. The molecule has 1 saturated heterocycles. The average Bonchev–Trinajstić information content (AvgIpc) is 3.22. The van der Waals surface area contributed by atoms with Crippen LogP contribution in [-0.4, -0.2) is 55.2 Å². The highest BCUT2D eigenvalue weighted by molar-refractivity contribution is 5.80. The summed E-state index contributed by atoms with van der Waals surface area (Å²) in [5.41, 5.74) is 1.33. The molecule has 1 aliphatic rings. The van der Waals surface area contributed by atoms with Crippen molar-refractivity contribution in [2.45, 2.75) is 65.5 Å². The van der Waals surface area contributed by atoms with Crippen LogP contribution in [0.2, 0.25) is 0 Å². The normalized spacial score (nSPS) is 14.8. The van der Waals surface area contributed by atoms with Crippen molar-refractivity contribution < 1.29 is 19.1 Å². The topological polar surface area (TPSA) is 99.4 Å². The summed E-state index contributed by atoms with van der Waals surface area (Å²) in [5, 5.41) is 5.30. The lowest BCUT2D eigenvalue weighted by molar-refractivity contribution is -0.116. The molecule has 2 aromatic heterocycles. The quantitative estimate of drug-likeness (QED) is 0.480. The number of piperidine rings is 1. The molecule has 0 atom stereocenters. The van der Waals surface area contributed by atoms with Gasteiger partial charge in [0.1, 0.15) is 28.8 Å². The zero-order chi connectivity index (χ0) is 25.0. The van der Waals surface area contributed by atoms with Crippen molar-refractivity contribution in [1.82, 2.24) is 24.6 Å². The molecule has 0 radical (unpaired) electrons. The Morgan fingerprint density at radius 1 is 1.09 bits per heavy atom. The lowest BCUT2D eigenvalue weighted by Crippen LogP contribution is -2.42. The van der Waals surface area contributed by atoms with Crippen LogP contribution < -0.4 is 4.74 Å². The average molecular weight is 480 g/mol. The number of carbonyl (C=O) groups excluding carboxylic acids is 2. The van der Waals surface area contributed by atoms with Gasteiger partial charge in [-0.3, -0.25) is 0 Å². The van der Waals surface area contributed by atoms with Gasteiger partial charge in [-0.1, -0.05) is 12.1 Å². The number of ether oxygens (including phenoxy) is 2. The molecule has 3 aromatic rings. The number of rotatable bonds is 7. The lowest BCUT2D eigenvalue weighted by atomic mass is 9.97. The molecule has 186 valence electrons. The summed E-state index contributed by atoms with van der Waals surface area (Å²) >= 11 is 0. The van der Waals surface area contributed by atoms with Gasteiger partial charge in [-0.25, -0.2) is 19.4 Å². The largest absolute Gasteiger partial charge is 0.444 e. The number of Topliss-reactive ketones (excluding diaryl/α,β-unsaturated/α-hetero) is 1. The third-order valence-electron chi connectivity index (χ3n) is 6.00. The van der Waals surface area contributed by atoms with Crippen molar-refractivity contribution in [3.63, 3.8) is 0 Å². The SMILES string of the molecule is CC(=O)CCc1ccc(Oc2ncnc3c2cnn3CC2CCN(C(=O)OC(C)(C)C)CC2)cc1. The van der Waals surface area contributed by atoms with Crippen molar-refractivity contribution in [2.75, 3.05) is 13.1 Å². The summed E-state index contributed by atoms with van der Waals surface area (Å²) in [6, 6.07) is 7.69. The minimum absolute atomic E-state index is 0.180. The molecule has 4 rings (SSSR count). The van der Waals surface area contributed by atoms with E-state index in [4.69, 9.17) is 9.47 Å². The van der Waals surface area contributed by atoms with E-state index < -0.39 is 5.60 Å². The Bertz CT molecular complexity index is 1170. The third kappa shape index (κ3) is 6.55. The van der Waals surface area contributed by atoms with E-state index in [1.807, 2.05) is 49.7 Å². The van der Waals surface area contributed by atoms with Crippen LogP contribution in [0.3, 0.4) is 0 Å². The highest BCUT2D eigenvalue weighted by Gasteiger charge is 2.27. The van der Waals surface area contributed by atoms with Crippen molar-refractivity contribution in [2.24, 2.45) is 5.92 Å². The van der Waals surface area contributed by atoms with Crippen molar-refractivity contribution in [3.8, 4) is 11.6 Å². The number of nitrogens with zero attached hydrogens (tertiary/aromatic N) is 5. The molecule has 1 fully saturated rings. The van der Waals surface area contributed by atoms with E-state index >= 15 is 0 Å². The summed E-state index contributed by atoms with van der Waals surface area (Å²) in [6.07, 6.45) is 5.99. The predicted octanol–water partition coefficient (Wildman–Crippen LogP) is 4.79. The maximum Gasteiger partial charge on any atom is 0.410 e. The van der Waals surface area contributed by atoms with Gasteiger partial charge in [-0.15, -0.1) is 0 Å². The second-order valence-electron chi connectivity index (χ2n) is 10.1. The van der Waals surface area contributed by atoms with Gasteiger partial charge >= 0.3 is 6.09 Å². The van der Waals surface area contributed by atoms with Crippen LogP contribution in [0.1, 0.15) is 52.5 Å². The molecule has 0 unspecified atom stereocenters. The van der Waals surface area contributed by atoms with Gasteiger partial charge < -0.3 is 19.2 Å². The molecule has 9 nitrogen and oxygen atoms in total. The van der Waals surface area contributed by atoms with Gasteiger partial charge in [-0.05, 0) is 70.6 Å². The minimum Gasteiger partial charge on any atom is -0.444 e. The first-order valence-corrected chi connectivity index (χ1v) is 12.1. The molecule has 0 saturated carbocycles. The fourth-order valence-corrected chi connectivity index (χ4v) is 4.11. The second kappa shape index (κ2) is 10.4. The van der Waals surface area contributed by atoms with Crippen LogP contribution in [0, 0.1) is 5.92 Å². The van der Waals surface area contributed by atoms with Crippen molar-refractivity contribution in [1.29, 1.82) is 0 Å². The molecule has 0 spiro atoms. The molecular weight excluding hydrogens is 446 g/mol. The van der Waals surface area contributed by atoms with Gasteiger partial charge in [0.15, 0.2) is 5.65 Å². The third-order valence-corrected chi connectivity index (χ3v) is 6.00. The molecular formula is C26H33N5O4. The number of ketones is 1. The van der Waals surface area contributed by atoms with E-state index in [2.05, 4.69) is 15.1 Å². The maximum absolute atomic E-state index is 12.3. The number of hydrogen-bond donors (Lipinski definition) is 0. The Morgan fingerprint density at radius 2 is 1.80 bits per heavy atom. The first kappa shape index (κ1) is 24.6. The van der Waals surface area contributed by atoms with E-state index in [0.29, 0.717) is 43.6 Å². The predicted molar refractivity (Wildman–Crippen MR) is 131 cm³/mol. The molecule has 35 heavy (non-hydrogen) atoms. The standard InChI is InChI=1S/C26H33N5O4/c1-18(32)5-6-19-7-9-21(10-8-19)34-24-22-15-29-31(23(22)27-17-28-24)16-20-11-13-30(14-12-20)25(33)35-26(2,3)4/h7-10,15,17,20H,5-6,11-14,16H2,1-4H3. The van der Waals surface area contributed by atoms with Crippen LogP contribution >= 0.6 is 0 Å². The minimum atomic E-state index is -0.487. The van der Waals surface area contributed by atoms with Gasteiger partial charge in [0.05, 0.1) is 6.20 Å². The van der Waals surface area contributed by atoms with E-state index in [1.165, 1.54) is 6.33 Å². The molecule has 1 amide bonds. The molecule has 3 heterocycles. The number of carbonyl (C=O) groups is 2. The number of aryl methyl sites for hydroxylation is 1. The number of hydrogen-bond acceptors (Lipinski definition) is 7. The second-order valence-corrected chi connectivity index (χ2v) is 10.1. The van der Waals surface area contributed by atoms with E-state index in [0.717, 1.165) is 35.9 Å². The number of likely N-dealkylation sites (tertiary alicyclic amines) is 1. The molecule has 0 N–H and O–H groups in total. The highest BCUT2D eigenvalue weighted by Crippen LogP contribution is 2.28. The van der Waals surface area contributed by atoms with Gasteiger partial charge in [-0.2, -0.15) is 5.10 Å². The van der Waals surface area contributed by atoms with E-state index in [-0.39, 0.29) is 11.9 Å². The van der Waals surface area contributed by atoms with Crippen LogP contribution in [0.5, 0.6) is 11.6 Å². The summed E-state index contributed by atoms with van der Waals surface area (Å²) in [7, 11) is 0. The van der Waals surface area contributed by atoms with Crippen LogP contribution in [0.4, 0.5) is 4.79 Å². The summed E-state index contributed by atoms with van der Waals surface area (Å²) in [6.45, 7) is 9.30. The first-order chi connectivity index (χ1) is 16.7. The molecule has 1 aliphatic heterocycles. The molecule has 9 heteroatoms. The zero-order valence-electron chi connectivity index (χ0n) is 20.9. The Kier molecular flexibility index (Phi) is 7.33.